The van der Waals surface area contributed by atoms with Crippen molar-refractivity contribution in [3.05, 3.63) is 0 Å². The highest BCUT2D eigenvalue weighted by Gasteiger charge is 2.30. The largest absolute Gasteiger partial charge is 0.444 e. The van der Waals surface area contributed by atoms with Gasteiger partial charge in [0, 0.05) is 6.92 Å². The fourth-order valence-corrected chi connectivity index (χ4v) is 0.862. The SMILES string of the molecule is CC(=O)N1CC(C)OC1=O. The van der Waals surface area contributed by atoms with Crippen LogP contribution in [0.15, 0.2) is 0 Å². The summed E-state index contributed by atoms with van der Waals surface area (Å²) >= 11 is 0. The second-order valence-corrected chi connectivity index (χ2v) is 2.32. The fraction of sp³-hybridized carbons (Fsp3) is 0.667. The number of cyclic esters (lactones) is 1. The van der Waals surface area contributed by atoms with Crippen LogP contribution in [-0.4, -0.2) is 29.5 Å². The van der Waals surface area contributed by atoms with Crippen LogP contribution in [0, 0.1) is 0 Å². The lowest BCUT2D eigenvalue weighted by Gasteiger charge is -2.04. The molecule has 1 saturated heterocycles. The molecule has 1 fully saturated rings. The second kappa shape index (κ2) is 2.28. The summed E-state index contributed by atoms with van der Waals surface area (Å²) in [5, 5.41) is 0. The van der Waals surface area contributed by atoms with E-state index in [1.54, 1.807) is 6.92 Å². The molecule has 0 aliphatic carbocycles. The predicted molar refractivity (Wildman–Crippen MR) is 33.3 cm³/mol. The molecule has 4 heteroatoms. The molecular weight excluding hydrogens is 134 g/mol. The van der Waals surface area contributed by atoms with E-state index in [-0.39, 0.29) is 12.0 Å². The van der Waals surface area contributed by atoms with Crippen LogP contribution < -0.4 is 0 Å². The number of nitrogens with zero attached hydrogens (tertiary/aromatic N) is 1. The Morgan fingerprint density at radius 2 is 2.40 bits per heavy atom. The van der Waals surface area contributed by atoms with Gasteiger partial charge in [-0.3, -0.25) is 4.79 Å². The topological polar surface area (TPSA) is 46.6 Å². The lowest BCUT2D eigenvalue weighted by Crippen LogP contribution is -2.29. The first kappa shape index (κ1) is 7.05. The minimum absolute atomic E-state index is 0.156. The van der Waals surface area contributed by atoms with E-state index in [1.807, 2.05) is 0 Å². The Bertz CT molecular complexity index is 178. The number of rotatable bonds is 0. The van der Waals surface area contributed by atoms with Gasteiger partial charge < -0.3 is 4.74 Å². The number of amides is 2. The van der Waals surface area contributed by atoms with Crippen molar-refractivity contribution in [1.29, 1.82) is 0 Å². The Hall–Kier alpha value is -1.06. The molecule has 0 aromatic rings. The maximum Gasteiger partial charge on any atom is 0.416 e. The normalized spacial score (nSPS) is 24.8. The molecule has 0 aromatic heterocycles. The van der Waals surface area contributed by atoms with Gasteiger partial charge in [0.05, 0.1) is 6.54 Å². The van der Waals surface area contributed by atoms with E-state index in [2.05, 4.69) is 0 Å². The van der Waals surface area contributed by atoms with Crippen LogP contribution in [0.3, 0.4) is 0 Å². The zero-order valence-electron chi connectivity index (χ0n) is 5.96. The standard InChI is InChI=1S/C6H9NO3/c1-4-3-7(5(2)8)6(9)10-4/h4H,3H2,1-2H3. The van der Waals surface area contributed by atoms with E-state index < -0.39 is 6.09 Å². The Labute approximate surface area is 58.8 Å². The van der Waals surface area contributed by atoms with Gasteiger partial charge in [-0.2, -0.15) is 0 Å². The quantitative estimate of drug-likeness (QED) is 0.492. The molecule has 0 radical (unpaired) electrons. The minimum atomic E-state index is -0.528. The smallest absolute Gasteiger partial charge is 0.416 e. The first-order chi connectivity index (χ1) is 4.61. The van der Waals surface area contributed by atoms with Crippen molar-refractivity contribution >= 4 is 12.0 Å². The number of imide groups is 1. The molecular formula is C6H9NO3. The Balaban J connectivity index is 2.63. The predicted octanol–water partition coefficient (Wildman–Crippen LogP) is 0.374. The molecule has 56 valence electrons. The van der Waals surface area contributed by atoms with Crippen molar-refractivity contribution < 1.29 is 14.3 Å². The molecule has 2 amide bonds. The van der Waals surface area contributed by atoms with E-state index in [4.69, 9.17) is 4.74 Å². The third-order valence-corrected chi connectivity index (χ3v) is 1.34. The van der Waals surface area contributed by atoms with E-state index in [1.165, 1.54) is 6.92 Å². The van der Waals surface area contributed by atoms with Gasteiger partial charge in [-0.1, -0.05) is 0 Å². The Kier molecular flexibility index (Phi) is 1.61. The number of carbonyl (C=O) groups is 2. The number of carbonyl (C=O) groups excluding carboxylic acids is 2. The van der Waals surface area contributed by atoms with Gasteiger partial charge in [0.25, 0.3) is 0 Å². The molecule has 4 nitrogen and oxygen atoms in total. The lowest BCUT2D eigenvalue weighted by atomic mass is 10.4. The van der Waals surface area contributed by atoms with Crippen LogP contribution in [0.25, 0.3) is 0 Å². The monoisotopic (exact) mass is 143 g/mol. The van der Waals surface area contributed by atoms with Gasteiger partial charge in [0.15, 0.2) is 0 Å². The third-order valence-electron chi connectivity index (χ3n) is 1.34. The summed E-state index contributed by atoms with van der Waals surface area (Å²) in [4.78, 5) is 22.4. The van der Waals surface area contributed by atoms with Crippen LogP contribution in [0.4, 0.5) is 4.79 Å². The summed E-state index contributed by atoms with van der Waals surface area (Å²) in [7, 11) is 0. The van der Waals surface area contributed by atoms with Crippen molar-refractivity contribution in [1.82, 2.24) is 4.90 Å². The maximum absolute atomic E-state index is 10.7. The first-order valence-corrected chi connectivity index (χ1v) is 3.10. The minimum Gasteiger partial charge on any atom is -0.444 e. The average molecular weight is 143 g/mol. The molecule has 0 bridgehead atoms. The number of hydrogen-bond donors (Lipinski definition) is 0. The van der Waals surface area contributed by atoms with E-state index in [9.17, 15) is 9.59 Å². The highest BCUT2D eigenvalue weighted by atomic mass is 16.6. The lowest BCUT2D eigenvalue weighted by molar-refractivity contribution is -0.125. The molecule has 1 atom stereocenters. The number of ether oxygens (including phenoxy) is 1. The fourth-order valence-electron chi connectivity index (χ4n) is 0.862. The summed E-state index contributed by atoms with van der Waals surface area (Å²) in [6, 6.07) is 0. The zero-order valence-corrected chi connectivity index (χ0v) is 5.96. The van der Waals surface area contributed by atoms with Gasteiger partial charge in [0.2, 0.25) is 5.91 Å². The highest BCUT2D eigenvalue weighted by molar-refractivity contribution is 5.91. The summed E-state index contributed by atoms with van der Waals surface area (Å²) in [5.74, 6) is -0.255. The van der Waals surface area contributed by atoms with Crippen molar-refractivity contribution in [3.63, 3.8) is 0 Å². The molecule has 1 unspecified atom stereocenters. The van der Waals surface area contributed by atoms with Crippen LogP contribution >= 0.6 is 0 Å². The van der Waals surface area contributed by atoms with Crippen LogP contribution in [0.2, 0.25) is 0 Å². The van der Waals surface area contributed by atoms with E-state index >= 15 is 0 Å². The van der Waals surface area contributed by atoms with Gasteiger partial charge in [0.1, 0.15) is 6.10 Å². The van der Waals surface area contributed by atoms with Gasteiger partial charge >= 0.3 is 6.09 Å². The van der Waals surface area contributed by atoms with Crippen molar-refractivity contribution in [2.24, 2.45) is 0 Å². The molecule has 0 spiro atoms. The maximum atomic E-state index is 10.7. The summed E-state index contributed by atoms with van der Waals surface area (Å²) in [5.41, 5.74) is 0. The first-order valence-electron chi connectivity index (χ1n) is 3.10. The molecule has 1 rings (SSSR count). The van der Waals surface area contributed by atoms with Crippen molar-refractivity contribution in [3.8, 4) is 0 Å². The molecule has 0 aromatic carbocycles. The third kappa shape index (κ3) is 1.10. The van der Waals surface area contributed by atoms with E-state index in [0.29, 0.717) is 6.54 Å². The van der Waals surface area contributed by atoms with Gasteiger partial charge in [-0.25, -0.2) is 9.69 Å². The van der Waals surface area contributed by atoms with Crippen molar-refractivity contribution in [2.45, 2.75) is 20.0 Å². The molecule has 10 heavy (non-hydrogen) atoms. The summed E-state index contributed by atoms with van der Waals surface area (Å²) in [6.07, 6.45) is -0.684. The molecule has 1 heterocycles. The van der Waals surface area contributed by atoms with Crippen LogP contribution in [0.1, 0.15) is 13.8 Å². The molecule has 0 saturated carbocycles. The molecule has 1 aliphatic rings. The molecule has 1 aliphatic heterocycles. The van der Waals surface area contributed by atoms with Crippen LogP contribution in [-0.2, 0) is 9.53 Å². The van der Waals surface area contributed by atoms with Gasteiger partial charge in [-0.05, 0) is 6.92 Å². The zero-order chi connectivity index (χ0) is 7.72. The summed E-state index contributed by atoms with van der Waals surface area (Å²) in [6.45, 7) is 3.48. The Morgan fingerprint density at radius 1 is 1.80 bits per heavy atom. The van der Waals surface area contributed by atoms with Crippen LogP contribution in [0.5, 0.6) is 0 Å². The van der Waals surface area contributed by atoms with Crippen molar-refractivity contribution in [2.75, 3.05) is 6.54 Å². The molecule has 0 N–H and O–H groups in total. The van der Waals surface area contributed by atoms with E-state index in [0.717, 1.165) is 4.90 Å². The van der Waals surface area contributed by atoms with Gasteiger partial charge in [-0.15, -0.1) is 0 Å². The highest BCUT2D eigenvalue weighted by Crippen LogP contribution is 2.09. The Morgan fingerprint density at radius 3 is 2.60 bits per heavy atom. The average Bonchev–Trinajstić information content (AvgIpc) is 2.10. The number of hydrogen-bond acceptors (Lipinski definition) is 3. The summed E-state index contributed by atoms with van der Waals surface area (Å²) < 4.78 is 4.70. The second-order valence-electron chi connectivity index (χ2n) is 2.32.